The topological polar surface area (TPSA) is 48.4 Å². The first-order chi connectivity index (χ1) is 8.34. The summed E-state index contributed by atoms with van der Waals surface area (Å²) in [6.07, 6.45) is 1.80. The van der Waals surface area contributed by atoms with Gasteiger partial charge in [0.1, 0.15) is 5.75 Å². The van der Waals surface area contributed by atoms with Crippen molar-refractivity contribution in [1.82, 2.24) is 10.3 Å². The number of anilines is 1. The first-order valence-electron chi connectivity index (χ1n) is 5.88. The molecule has 1 radical (unpaired) electrons. The minimum atomic E-state index is 0. The van der Waals surface area contributed by atoms with E-state index in [1.54, 1.807) is 18.3 Å². The molecule has 0 unspecified atom stereocenters. The molecule has 89 valence electrons. The summed E-state index contributed by atoms with van der Waals surface area (Å²) in [5.41, 5.74) is 2.05. The third-order valence-electron chi connectivity index (χ3n) is 3.16. The van der Waals surface area contributed by atoms with Gasteiger partial charge in [0.15, 0.2) is 0 Å². The van der Waals surface area contributed by atoms with Gasteiger partial charge in [-0.3, -0.25) is 4.98 Å². The number of fused-ring (bicyclic) bond motifs is 1. The Bertz CT molecular complexity index is 541. The fraction of sp³-hybridized carbons (Fsp3) is 0.308. The molecule has 2 N–H and O–H groups in total. The Labute approximate surface area is 128 Å². The average Bonchev–Trinajstić information content (AvgIpc) is 2.39. The van der Waals surface area contributed by atoms with Crippen LogP contribution in [-0.2, 0) is 0 Å². The molecule has 1 fully saturated rings. The summed E-state index contributed by atoms with van der Waals surface area (Å²) in [6.45, 7) is 4.06. The van der Waals surface area contributed by atoms with Crippen molar-refractivity contribution in [3.8, 4) is 5.75 Å². The van der Waals surface area contributed by atoms with E-state index < -0.39 is 0 Å². The number of nitrogens with zero attached hydrogens (tertiary/aromatic N) is 2. The molecule has 0 amide bonds. The third kappa shape index (κ3) is 2.62. The predicted molar refractivity (Wildman–Crippen MR) is 74.2 cm³/mol. The number of phenols is 1. The van der Waals surface area contributed by atoms with Gasteiger partial charge in [-0.05, 0) is 18.2 Å². The largest absolute Gasteiger partial charge is 0.508 e. The number of aromatic hydroxyl groups is 1. The maximum atomic E-state index is 9.47. The van der Waals surface area contributed by atoms with Crippen LogP contribution in [0.4, 0.5) is 5.69 Å². The third-order valence-corrected chi connectivity index (χ3v) is 3.16. The van der Waals surface area contributed by atoms with Gasteiger partial charge >= 0.3 is 0 Å². The van der Waals surface area contributed by atoms with E-state index in [1.165, 1.54) is 5.69 Å². The molecule has 0 saturated carbocycles. The van der Waals surface area contributed by atoms with Gasteiger partial charge in [0, 0.05) is 79.1 Å². The minimum absolute atomic E-state index is 0. The number of piperazine rings is 1. The van der Waals surface area contributed by atoms with E-state index in [0.717, 1.165) is 37.1 Å². The maximum Gasteiger partial charge on any atom is 0.117 e. The first kappa shape index (κ1) is 13.6. The van der Waals surface area contributed by atoms with Crippen LogP contribution >= 0.6 is 0 Å². The molecule has 0 aliphatic carbocycles. The van der Waals surface area contributed by atoms with Crippen LogP contribution < -0.4 is 10.2 Å². The van der Waals surface area contributed by atoms with Crippen molar-refractivity contribution >= 4 is 46.1 Å². The number of phenolic OH excluding ortho intramolecular Hbond substituents is 1. The zero-order valence-corrected chi connectivity index (χ0v) is 12.6. The van der Waals surface area contributed by atoms with Crippen molar-refractivity contribution in [2.24, 2.45) is 0 Å². The van der Waals surface area contributed by atoms with Crippen LogP contribution in [0.25, 0.3) is 10.9 Å². The van der Waals surface area contributed by atoms with Gasteiger partial charge in [-0.15, -0.1) is 0 Å². The Balaban J connectivity index is 0.00000120. The Morgan fingerprint density at radius 2 is 1.94 bits per heavy atom. The van der Waals surface area contributed by atoms with Crippen LogP contribution in [0.5, 0.6) is 5.75 Å². The van der Waals surface area contributed by atoms with E-state index in [-0.39, 0.29) is 35.3 Å². The van der Waals surface area contributed by atoms with E-state index in [2.05, 4.69) is 15.2 Å². The summed E-state index contributed by atoms with van der Waals surface area (Å²) in [5, 5.41) is 13.9. The number of pyridine rings is 1. The van der Waals surface area contributed by atoms with Crippen molar-refractivity contribution in [2.75, 3.05) is 31.1 Å². The number of rotatable bonds is 1. The van der Waals surface area contributed by atoms with Gasteiger partial charge in [0.05, 0.1) is 5.52 Å². The molecule has 2 heterocycles. The van der Waals surface area contributed by atoms with Crippen molar-refractivity contribution in [3.05, 3.63) is 30.5 Å². The second kappa shape index (κ2) is 5.89. The average molecular weight is 252 g/mol. The van der Waals surface area contributed by atoms with E-state index in [1.807, 2.05) is 12.1 Å². The van der Waals surface area contributed by atoms with Gasteiger partial charge in [0.2, 0.25) is 0 Å². The Kier molecular flexibility index (Phi) is 4.45. The standard InChI is InChI=1S/C13H15N3O.Na/c17-10-1-2-11-12(9-10)15-4-3-13(11)16-7-5-14-6-8-16;/h1-4,9,14,17H,5-8H2;. The first-order valence-corrected chi connectivity index (χ1v) is 5.88. The number of aromatic nitrogens is 1. The number of hydrogen-bond acceptors (Lipinski definition) is 4. The van der Waals surface area contributed by atoms with Crippen molar-refractivity contribution < 1.29 is 5.11 Å². The Morgan fingerprint density at radius 1 is 1.17 bits per heavy atom. The van der Waals surface area contributed by atoms with Gasteiger partial charge in [-0.1, -0.05) is 0 Å². The van der Waals surface area contributed by atoms with E-state index in [9.17, 15) is 5.11 Å². The smallest absolute Gasteiger partial charge is 0.117 e. The SMILES string of the molecule is Oc1ccc2c(N3CCNCC3)ccnc2c1.[Na]. The molecule has 5 heteroatoms. The molecule has 3 rings (SSSR count). The molecule has 1 aromatic heterocycles. The molecule has 1 saturated heterocycles. The summed E-state index contributed by atoms with van der Waals surface area (Å²) in [7, 11) is 0. The molecule has 0 bridgehead atoms. The molecule has 0 atom stereocenters. The van der Waals surface area contributed by atoms with Crippen molar-refractivity contribution in [3.63, 3.8) is 0 Å². The van der Waals surface area contributed by atoms with Crippen LogP contribution in [0.2, 0.25) is 0 Å². The van der Waals surface area contributed by atoms with Crippen LogP contribution in [0.3, 0.4) is 0 Å². The summed E-state index contributed by atoms with van der Waals surface area (Å²) in [6, 6.07) is 7.41. The number of nitrogens with one attached hydrogen (secondary N) is 1. The molecule has 2 aromatic rings. The molecule has 1 aliphatic heterocycles. The number of benzene rings is 1. The van der Waals surface area contributed by atoms with Crippen LogP contribution in [0, 0.1) is 0 Å². The van der Waals surface area contributed by atoms with Gasteiger partial charge in [-0.2, -0.15) is 0 Å². The van der Waals surface area contributed by atoms with Crippen LogP contribution in [0.15, 0.2) is 30.5 Å². The molecular formula is C13H15N3NaO. The minimum Gasteiger partial charge on any atom is -0.508 e. The van der Waals surface area contributed by atoms with Crippen molar-refractivity contribution in [2.45, 2.75) is 0 Å². The predicted octanol–water partition coefficient (Wildman–Crippen LogP) is 0.969. The van der Waals surface area contributed by atoms with Crippen LogP contribution in [-0.4, -0.2) is 65.8 Å². The monoisotopic (exact) mass is 252 g/mol. The second-order valence-corrected chi connectivity index (χ2v) is 4.27. The quantitative estimate of drug-likeness (QED) is 0.742. The fourth-order valence-electron chi connectivity index (χ4n) is 2.30. The summed E-state index contributed by atoms with van der Waals surface area (Å²) >= 11 is 0. The van der Waals surface area contributed by atoms with Gasteiger partial charge in [-0.25, -0.2) is 0 Å². The van der Waals surface area contributed by atoms with E-state index in [0.29, 0.717) is 0 Å². The number of hydrogen-bond donors (Lipinski definition) is 2. The summed E-state index contributed by atoms with van der Waals surface area (Å²) in [5.74, 6) is 0.266. The zero-order valence-electron chi connectivity index (χ0n) is 10.6. The van der Waals surface area contributed by atoms with E-state index in [4.69, 9.17) is 0 Å². The Morgan fingerprint density at radius 3 is 2.72 bits per heavy atom. The molecule has 1 aromatic carbocycles. The normalized spacial score (nSPS) is 15.4. The molecule has 1 aliphatic rings. The van der Waals surface area contributed by atoms with E-state index >= 15 is 0 Å². The molecule has 18 heavy (non-hydrogen) atoms. The Hall–Kier alpha value is -0.810. The fourth-order valence-corrected chi connectivity index (χ4v) is 2.30. The van der Waals surface area contributed by atoms with Crippen molar-refractivity contribution in [1.29, 1.82) is 0 Å². The zero-order chi connectivity index (χ0) is 11.7. The molecule has 0 spiro atoms. The van der Waals surface area contributed by atoms with Gasteiger partial charge in [0.25, 0.3) is 0 Å². The van der Waals surface area contributed by atoms with Gasteiger partial charge < -0.3 is 15.3 Å². The summed E-state index contributed by atoms with van der Waals surface area (Å²) < 4.78 is 0. The maximum absolute atomic E-state index is 9.47. The molecule has 4 nitrogen and oxygen atoms in total. The van der Waals surface area contributed by atoms with Crippen LogP contribution in [0.1, 0.15) is 0 Å². The summed E-state index contributed by atoms with van der Waals surface area (Å²) in [4.78, 5) is 6.65. The molecular weight excluding hydrogens is 237 g/mol. The second-order valence-electron chi connectivity index (χ2n) is 4.27.